The Morgan fingerprint density at radius 3 is 2.40 bits per heavy atom. The number of benzene rings is 1. The van der Waals surface area contributed by atoms with Crippen LogP contribution in [-0.2, 0) is 12.5 Å². The molecule has 4 nitrogen and oxygen atoms in total. The average Bonchev–Trinajstić information content (AvgIpc) is 3.13. The Kier molecular flexibility index (Phi) is 4.10. The molecule has 1 aromatic heterocycles. The quantitative estimate of drug-likeness (QED) is 0.859. The lowest BCUT2D eigenvalue weighted by Gasteiger charge is -2.28. The van der Waals surface area contributed by atoms with Crippen molar-refractivity contribution in [1.82, 2.24) is 9.47 Å². The molecule has 3 rings (SSSR count). The second-order valence-electron chi connectivity index (χ2n) is 7.97. The van der Waals surface area contributed by atoms with Gasteiger partial charge >= 0.3 is 0 Å². The van der Waals surface area contributed by atoms with E-state index in [0.717, 1.165) is 12.1 Å². The van der Waals surface area contributed by atoms with Gasteiger partial charge in [-0.3, -0.25) is 9.59 Å². The summed E-state index contributed by atoms with van der Waals surface area (Å²) >= 11 is 0. The number of hydrogen-bond acceptors (Lipinski definition) is 2. The Bertz CT molecular complexity index is 867. The lowest BCUT2D eigenvalue weighted by Crippen LogP contribution is -2.38. The lowest BCUT2D eigenvalue weighted by atomic mass is 9.87. The Labute approximate surface area is 149 Å². The molecule has 1 aromatic carbocycles. The molecule has 1 heterocycles. The van der Waals surface area contributed by atoms with E-state index in [2.05, 4.69) is 26.0 Å². The van der Waals surface area contributed by atoms with E-state index in [9.17, 15) is 9.59 Å². The minimum Gasteiger partial charge on any atom is -0.354 e. The summed E-state index contributed by atoms with van der Waals surface area (Å²) in [6, 6.07) is 11.9. The van der Waals surface area contributed by atoms with Gasteiger partial charge in [0, 0.05) is 44.0 Å². The van der Waals surface area contributed by atoms with Gasteiger partial charge in [0.05, 0.1) is 0 Å². The second kappa shape index (κ2) is 5.87. The first-order valence-electron chi connectivity index (χ1n) is 8.66. The van der Waals surface area contributed by atoms with E-state index in [-0.39, 0.29) is 27.7 Å². The van der Waals surface area contributed by atoms with Gasteiger partial charge in [0.25, 0.3) is 5.91 Å². The molecule has 0 aliphatic heterocycles. The molecule has 132 valence electrons. The molecule has 1 saturated carbocycles. The molecule has 1 aliphatic carbocycles. The largest absolute Gasteiger partial charge is 0.354 e. The molecule has 0 bridgehead atoms. The molecule has 0 spiro atoms. The number of rotatable bonds is 4. The zero-order chi connectivity index (χ0) is 18.4. The molecule has 0 radical (unpaired) electrons. The number of carbonyl (C=O) groups is 1. The highest BCUT2D eigenvalue weighted by atomic mass is 16.2. The topological polar surface area (TPSA) is 42.3 Å². The fraction of sp³-hybridized carbons (Fsp3) is 0.429. The number of carbonyl (C=O) groups excluding carboxylic acids is 1. The molecule has 0 N–H and O–H groups in total. The monoisotopic (exact) mass is 338 g/mol. The molecule has 1 atom stereocenters. The van der Waals surface area contributed by atoms with Crippen molar-refractivity contribution in [3.8, 4) is 0 Å². The minimum atomic E-state index is -0.212. The summed E-state index contributed by atoms with van der Waals surface area (Å²) in [5, 5.41) is 0. The van der Waals surface area contributed by atoms with Crippen LogP contribution in [0.3, 0.4) is 0 Å². The smallest absolute Gasteiger partial charge is 0.259 e. The Hall–Kier alpha value is -2.36. The summed E-state index contributed by atoms with van der Waals surface area (Å²) in [4.78, 5) is 26.8. The van der Waals surface area contributed by atoms with Gasteiger partial charge in [-0.15, -0.1) is 0 Å². The number of pyridine rings is 1. The van der Waals surface area contributed by atoms with E-state index >= 15 is 0 Å². The molecule has 2 aromatic rings. The van der Waals surface area contributed by atoms with Gasteiger partial charge in [0.2, 0.25) is 0 Å². The van der Waals surface area contributed by atoms with Crippen molar-refractivity contribution < 1.29 is 4.79 Å². The number of nitrogens with zero attached hydrogens (tertiary/aromatic N) is 2. The van der Waals surface area contributed by atoms with Crippen LogP contribution in [0.4, 0.5) is 0 Å². The van der Waals surface area contributed by atoms with Gasteiger partial charge in [-0.05, 0) is 24.3 Å². The van der Waals surface area contributed by atoms with Crippen LogP contribution in [-0.4, -0.2) is 29.0 Å². The SMILES string of the molecule is Cc1cc(=O)c(C(=O)N(C)CC2(c3ccccc3)CC2(C)C)cn1C. The molecule has 1 fully saturated rings. The number of aromatic nitrogens is 1. The lowest BCUT2D eigenvalue weighted by molar-refractivity contribution is 0.0773. The molecule has 25 heavy (non-hydrogen) atoms. The van der Waals surface area contributed by atoms with Gasteiger partial charge in [-0.2, -0.15) is 0 Å². The molecule has 1 aliphatic rings. The molecular weight excluding hydrogens is 312 g/mol. The molecule has 1 unspecified atom stereocenters. The van der Waals surface area contributed by atoms with Crippen molar-refractivity contribution in [2.45, 2.75) is 32.6 Å². The average molecular weight is 338 g/mol. The van der Waals surface area contributed by atoms with Gasteiger partial charge in [-0.1, -0.05) is 44.2 Å². The number of likely N-dealkylation sites (N-methyl/N-ethyl adjacent to an activating group) is 1. The van der Waals surface area contributed by atoms with E-state index in [0.29, 0.717) is 6.54 Å². The van der Waals surface area contributed by atoms with Gasteiger partial charge < -0.3 is 9.47 Å². The highest BCUT2D eigenvalue weighted by molar-refractivity contribution is 5.93. The van der Waals surface area contributed by atoms with Crippen LogP contribution in [0.2, 0.25) is 0 Å². The van der Waals surface area contributed by atoms with E-state index in [1.807, 2.05) is 36.7 Å². The van der Waals surface area contributed by atoms with E-state index in [4.69, 9.17) is 0 Å². The van der Waals surface area contributed by atoms with Crippen molar-refractivity contribution >= 4 is 5.91 Å². The third kappa shape index (κ3) is 2.90. The normalized spacial score (nSPS) is 21.0. The third-order valence-electron chi connectivity index (χ3n) is 5.81. The van der Waals surface area contributed by atoms with Crippen LogP contribution >= 0.6 is 0 Å². The minimum absolute atomic E-state index is 0.0470. The van der Waals surface area contributed by atoms with Crippen LogP contribution in [0.1, 0.15) is 41.9 Å². The first-order valence-corrected chi connectivity index (χ1v) is 8.66. The first-order chi connectivity index (χ1) is 11.7. The van der Waals surface area contributed by atoms with E-state index in [1.54, 1.807) is 18.1 Å². The summed E-state index contributed by atoms with van der Waals surface area (Å²) < 4.78 is 1.82. The van der Waals surface area contributed by atoms with Crippen molar-refractivity contribution in [2.75, 3.05) is 13.6 Å². The Balaban J connectivity index is 1.89. The predicted octanol–water partition coefficient (Wildman–Crippen LogP) is 3.13. The summed E-state index contributed by atoms with van der Waals surface area (Å²) in [6.07, 6.45) is 2.68. The zero-order valence-electron chi connectivity index (χ0n) is 15.7. The van der Waals surface area contributed by atoms with Gasteiger partial charge in [0.15, 0.2) is 5.43 Å². The molecule has 0 saturated heterocycles. The maximum atomic E-state index is 12.9. The summed E-state index contributed by atoms with van der Waals surface area (Å²) in [7, 11) is 3.64. The summed E-state index contributed by atoms with van der Waals surface area (Å²) in [5.41, 5.74) is 2.22. The van der Waals surface area contributed by atoms with Crippen molar-refractivity contribution in [3.05, 3.63) is 69.6 Å². The van der Waals surface area contributed by atoms with Gasteiger partial charge in [-0.25, -0.2) is 0 Å². The highest BCUT2D eigenvalue weighted by Gasteiger charge is 2.62. The molecule has 1 amide bonds. The fourth-order valence-electron chi connectivity index (χ4n) is 3.89. The predicted molar refractivity (Wildman–Crippen MR) is 99.9 cm³/mol. The summed E-state index contributed by atoms with van der Waals surface area (Å²) in [6.45, 7) is 6.95. The third-order valence-corrected chi connectivity index (χ3v) is 5.81. The molecular formula is C21H26N2O2. The van der Waals surface area contributed by atoms with Gasteiger partial charge in [0.1, 0.15) is 5.56 Å². The van der Waals surface area contributed by atoms with Crippen LogP contribution in [0.15, 0.2) is 47.4 Å². The Morgan fingerprint density at radius 2 is 1.84 bits per heavy atom. The van der Waals surface area contributed by atoms with Crippen LogP contribution in [0.25, 0.3) is 0 Å². The highest BCUT2D eigenvalue weighted by Crippen LogP contribution is 2.64. The fourth-order valence-corrected chi connectivity index (χ4v) is 3.89. The van der Waals surface area contributed by atoms with Crippen molar-refractivity contribution in [2.24, 2.45) is 12.5 Å². The molecule has 4 heteroatoms. The van der Waals surface area contributed by atoms with E-state index in [1.165, 1.54) is 11.6 Å². The van der Waals surface area contributed by atoms with Crippen molar-refractivity contribution in [3.63, 3.8) is 0 Å². The van der Waals surface area contributed by atoms with Crippen LogP contribution < -0.4 is 5.43 Å². The standard InChI is InChI=1S/C21H26N2O2/c1-15-11-18(24)17(12-22(15)4)19(25)23(5)14-21(13-20(21,2)3)16-9-7-6-8-10-16/h6-12H,13-14H2,1-5H3. The number of amides is 1. The van der Waals surface area contributed by atoms with Crippen molar-refractivity contribution in [1.29, 1.82) is 0 Å². The maximum absolute atomic E-state index is 12.9. The van der Waals surface area contributed by atoms with Crippen LogP contribution in [0.5, 0.6) is 0 Å². The van der Waals surface area contributed by atoms with Crippen LogP contribution in [0, 0.1) is 12.3 Å². The Morgan fingerprint density at radius 1 is 1.24 bits per heavy atom. The second-order valence-corrected chi connectivity index (χ2v) is 7.97. The zero-order valence-corrected chi connectivity index (χ0v) is 15.7. The maximum Gasteiger partial charge on any atom is 0.259 e. The number of aryl methyl sites for hydroxylation is 2. The van der Waals surface area contributed by atoms with E-state index < -0.39 is 0 Å². The summed E-state index contributed by atoms with van der Waals surface area (Å²) in [5.74, 6) is -0.210. The number of hydrogen-bond donors (Lipinski definition) is 0. The first kappa shape index (κ1) is 17.5.